The third-order valence-electron chi connectivity index (χ3n) is 8.88. The predicted molar refractivity (Wildman–Crippen MR) is 181 cm³/mol. The molecule has 0 saturated carbocycles. The fourth-order valence-corrected chi connectivity index (χ4v) is 6.21. The first-order chi connectivity index (χ1) is 23.9. The Bertz CT molecular complexity index is 2040. The van der Waals surface area contributed by atoms with Crippen LogP contribution >= 0.6 is 0 Å². The number of fused-ring (bicyclic) bond motifs is 1. The lowest BCUT2D eigenvalue weighted by Gasteiger charge is -2.34. The molecule has 11 nitrogen and oxygen atoms in total. The van der Waals surface area contributed by atoms with Crippen LogP contribution in [-0.2, 0) is 30.9 Å². The lowest BCUT2D eigenvalue weighted by molar-refractivity contribution is -0.138. The van der Waals surface area contributed by atoms with Gasteiger partial charge in [-0.3, -0.25) is 14.4 Å². The van der Waals surface area contributed by atoms with Crippen molar-refractivity contribution in [3.05, 3.63) is 93.8 Å². The molecule has 0 atom stereocenters. The Hall–Kier alpha value is -5.68. The Morgan fingerprint density at radius 2 is 1.84 bits per heavy atom. The van der Waals surface area contributed by atoms with Crippen molar-refractivity contribution in [1.29, 1.82) is 0 Å². The van der Waals surface area contributed by atoms with Gasteiger partial charge in [-0.25, -0.2) is 9.97 Å². The van der Waals surface area contributed by atoms with Crippen LogP contribution in [0.5, 0.6) is 0 Å². The molecule has 0 aliphatic carbocycles. The zero-order valence-electron chi connectivity index (χ0n) is 27.5. The average molecular weight is 685 g/mol. The topological polar surface area (TPSA) is 138 Å². The van der Waals surface area contributed by atoms with Crippen molar-refractivity contribution >= 4 is 29.4 Å². The molecule has 4 N–H and O–H groups in total. The highest BCUT2D eigenvalue weighted by atomic mass is 19.4. The maximum absolute atomic E-state index is 13.9. The summed E-state index contributed by atoms with van der Waals surface area (Å²) in [5, 5.41) is 5.48. The van der Waals surface area contributed by atoms with Crippen molar-refractivity contribution in [3.8, 4) is 23.2 Å². The second-order valence-electron chi connectivity index (χ2n) is 12.1. The minimum absolute atomic E-state index is 0.0570. The number of alkyl halides is 3. The molecule has 2 aliphatic heterocycles. The van der Waals surface area contributed by atoms with Crippen molar-refractivity contribution < 1.29 is 27.6 Å². The van der Waals surface area contributed by atoms with Gasteiger partial charge in [-0.05, 0) is 48.5 Å². The smallest absolute Gasteiger partial charge is 0.368 e. The van der Waals surface area contributed by atoms with E-state index in [1.165, 1.54) is 11.1 Å². The average Bonchev–Trinajstić information content (AvgIpc) is 3.44. The molecule has 2 aromatic carbocycles. The molecule has 4 heterocycles. The largest absolute Gasteiger partial charge is 0.417 e. The predicted octanol–water partition coefficient (Wildman–Crippen LogP) is 3.73. The van der Waals surface area contributed by atoms with Gasteiger partial charge < -0.3 is 30.7 Å². The van der Waals surface area contributed by atoms with Crippen LogP contribution in [0.4, 0.5) is 24.8 Å². The van der Waals surface area contributed by atoms with E-state index >= 15 is 0 Å². The van der Waals surface area contributed by atoms with Crippen molar-refractivity contribution in [2.75, 3.05) is 50.3 Å². The third kappa shape index (κ3) is 7.32. The van der Waals surface area contributed by atoms with Crippen LogP contribution in [0.15, 0.2) is 54.7 Å². The van der Waals surface area contributed by atoms with E-state index in [9.17, 15) is 27.6 Å². The van der Waals surface area contributed by atoms with Crippen molar-refractivity contribution in [2.24, 2.45) is 7.05 Å². The van der Waals surface area contributed by atoms with E-state index in [4.69, 9.17) is 5.73 Å². The number of amides is 3. The monoisotopic (exact) mass is 684 g/mol. The zero-order valence-corrected chi connectivity index (χ0v) is 27.5. The van der Waals surface area contributed by atoms with Crippen LogP contribution in [0.1, 0.15) is 55.6 Å². The second-order valence-corrected chi connectivity index (χ2v) is 12.1. The number of nitrogens with one attached hydrogen (secondary N) is 2. The first kappa shape index (κ1) is 34.2. The summed E-state index contributed by atoms with van der Waals surface area (Å²) in [7, 11) is 1.86. The minimum atomic E-state index is -4.74. The van der Waals surface area contributed by atoms with Crippen LogP contribution in [0, 0.1) is 11.8 Å². The van der Waals surface area contributed by atoms with Gasteiger partial charge in [0, 0.05) is 69.3 Å². The van der Waals surface area contributed by atoms with Gasteiger partial charge in [0.05, 0.1) is 34.4 Å². The number of rotatable bonds is 6. The number of nitrogens with two attached hydrogens (primary N) is 1. The Kier molecular flexibility index (Phi) is 9.61. The first-order valence-electron chi connectivity index (χ1n) is 16.1. The van der Waals surface area contributed by atoms with Gasteiger partial charge in [-0.2, -0.15) is 13.2 Å². The summed E-state index contributed by atoms with van der Waals surface area (Å²) in [5.74, 6) is 4.87. The number of hydrogen-bond acceptors (Lipinski definition) is 7. The number of aromatic nitrogens is 3. The normalized spacial score (nSPS) is 14.7. The number of piperazine rings is 1. The fourth-order valence-electron chi connectivity index (χ4n) is 6.21. The minimum Gasteiger partial charge on any atom is -0.368 e. The standard InChI is InChI=1S/C36H35F3N8O3/c1-3-46-13-15-47(16-14-46)34(50)26-19-25(9-10-28(26)36(37,38)39)43-31(48)18-23-6-4-5-22(17-23)7-8-24-21-42-35(40)44-32(24)30-20-27-29(45(30)2)11-12-41-33(27)49/h4-6,9-10,17,19-21H,3,11-16,18H2,1-2H3,(H,41,49)(H,43,48)(H2,40,42,44). The van der Waals surface area contributed by atoms with E-state index in [2.05, 4.69) is 37.3 Å². The van der Waals surface area contributed by atoms with E-state index in [1.54, 1.807) is 30.3 Å². The van der Waals surface area contributed by atoms with Crippen LogP contribution < -0.4 is 16.4 Å². The van der Waals surface area contributed by atoms with Gasteiger partial charge in [-0.1, -0.05) is 30.9 Å². The SMILES string of the molecule is CCN1CCN(C(=O)c2cc(NC(=O)Cc3cccc(C#Cc4cnc(N)nc4-c4cc5c(n4C)CCNC5=O)c3)ccc2C(F)(F)F)CC1. The highest BCUT2D eigenvalue weighted by Gasteiger charge is 2.37. The maximum Gasteiger partial charge on any atom is 0.417 e. The van der Waals surface area contributed by atoms with Crippen LogP contribution in [-0.4, -0.2) is 81.3 Å². The number of carbonyl (C=O) groups is 3. The number of nitrogen functional groups attached to an aromatic ring is 1. The lowest BCUT2D eigenvalue weighted by Crippen LogP contribution is -2.48. The number of anilines is 2. The fraction of sp³-hybridized carbons (Fsp3) is 0.306. The quantitative estimate of drug-likeness (QED) is 0.263. The number of carbonyl (C=O) groups excluding carboxylic acids is 3. The number of hydrogen-bond donors (Lipinski definition) is 3. The lowest BCUT2D eigenvalue weighted by atomic mass is 10.0. The summed E-state index contributed by atoms with van der Waals surface area (Å²) in [6.07, 6.45) is -2.64. The molecule has 1 saturated heterocycles. The van der Waals surface area contributed by atoms with E-state index in [1.807, 2.05) is 18.5 Å². The summed E-state index contributed by atoms with van der Waals surface area (Å²) in [4.78, 5) is 50.8. The molecule has 0 radical (unpaired) electrons. The Morgan fingerprint density at radius 3 is 2.56 bits per heavy atom. The number of likely N-dealkylation sites (N-methyl/N-ethyl adjacent to an activating group) is 1. The summed E-state index contributed by atoms with van der Waals surface area (Å²) in [6, 6.07) is 11.8. The van der Waals surface area contributed by atoms with E-state index < -0.39 is 29.1 Å². The first-order valence-corrected chi connectivity index (χ1v) is 16.1. The van der Waals surface area contributed by atoms with Gasteiger partial charge in [0.1, 0.15) is 5.69 Å². The molecule has 3 amide bonds. The van der Waals surface area contributed by atoms with E-state index in [0.717, 1.165) is 30.4 Å². The molecule has 6 rings (SSSR count). The van der Waals surface area contributed by atoms with Crippen LogP contribution in [0.3, 0.4) is 0 Å². The van der Waals surface area contributed by atoms with Gasteiger partial charge >= 0.3 is 6.18 Å². The molecule has 14 heteroatoms. The number of nitrogens with zero attached hydrogens (tertiary/aromatic N) is 5. The Labute approximate surface area is 286 Å². The Balaban J connectivity index is 1.19. The molecule has 4 aromatic rings. The highest BCUT2D eigenvalue weighted by Crippen LogP contribution is 2.34. The number of halogens is 3. The molecular formula is C36H35F3N8O3. The second kappa shape index (κ2) is 14.0. The molecule has 0 bridgehead atoms. The van der Waals surface area contributed by atoms with Crippen molar-refractivity contribution in [2.45, 2.75) is 25.9 Å². The molecule has 1 fully saturated rings. The van der Waals surface area contributed by atoms with Crippen molar-refractivity contribution in [3.63, 3.8) is 0 Å². The molecule has 2 aromatic heterocycles. The van der Waals surface area contributed by atoms with Crippen molar-refractivity contribution in [1.82, 2.24) is 29.7 Å². The summed E-state index contributed by atoms with van der Waals surface area (Å²) in [6.45, 7) is 5.11. The summed E-state index contributed by atoms with van der Waals surface area (Å²) >= 11 is 0. The van der Waals surface area contributed by atoms with Crippen LogP contribution in [0.25, 0.3) is 11.4 Å². The van der Waals surface area contributed by atoms with E-state index in [0.29, 0.717) is 72.8 Å². The molecule has 0 unspecified atom stereocenters. The molecule has 50 heavy (non-hydrogen) atoms. The van der Waals surface area contributed by atoms with Gasteiger partial charge in [0.15, 0.2) is 0 Å². The molecule has 258 valence electrons. The van der Waals surface area contributed by atoms with Gasteiger partial charge in [0.2, 0.25) is 11.9 Å². The summed E-state index contributed by atoms with van der Waals surface area (Å²) in [5.41, 5.74) is 8.75. The Morgan fingerprint density at radius 1 is 1.06 bits per heavy atom. The number of benzene rings is 2. The van der Waals surface area contributed by atoms with Gasteiger partial charge in [-0.15, -0.1) is 0 Å². The van der Waals surface area contributed by atoms with Gasteiger partial charge in [0.25, 0.3) is 11.8 Å². The molecule has 2 aliphatic rings. The highest BCUT2D eigenvalue weighted by molar-refractivity contribution is 5.99. The molecular weight excluding hydrogens is 649 g/mol. The third-order valence-corrected chi connectivity index (χ3v) is 8.88. The molecule has 0 spiro atoms. The van der Waals surface area contributed by atoms with Crippen LogP contribution in [0.2, 0.25) is 0 Å². The summed E-state index contributed by atoms with van der Waals surface area (Å²) < 4.78 is 43.6. The zero-order chi connectivity index (χ0) is 35.6. The van der Waals surface area contributed by atoms with E-state index in [-0.39, 0.29) is 24.0 Å². The maximum atomic E-state index is 13.9.